The van der Waals surface area contributed by atoms with Gasteiger partial charge in [-0.15, -0.1) is 11.3 Å². The number of amides is 1. The van der Waals surface area contributed by atoms with E-state index in [1.165, 1.54) is 38.5 Å². The number of fused-ring (bicyclic) bond motifs is 1. The summed E-state index contributed by atoms with van der Waals surface area (Å²) < 4.78 is 1.98. The van der Waals surface area contributed by atoms with Crippen molar-refractivity contribution in [3.8, 4) is 11.3 Å². The summed E-state index contributed by atoms with van der Waals surface area (Å²) in [6.45, 7) is 1.83. The summed E-state index contributed by atoms with van der Waals surface area (Å²) in [6.07, 6.45) is 10.0. The Morgan fingerprint density at radius 2 is 1.85 bits per heavy atom. The first-order valence-corrected chi connectivity index (χ1v) is 11.0. The topological polar surface area (TPSA) is 37.6 Å². The van der Waals surface area contributed by atoms with E-state index in [0.29, 0.717) is 5.92 Å². The summed E-state index contributed by atoms with van der Waals surface area (Å²) in [5.74, 6) is 1.69. The molecule has 1 amide bonds. The largest absolute Gasteiger partial charge is 0.337 e. The molecule has 3 aromatic rings. The van der Waals surface area contributed by atoms with Crippen molar-refractivity contribution < 1.29 is 4.79 Å². The zero-order valence-electron chi connectivity index (χ0n) is 15.5. The SMILES string of the molecule is O=C(c1csc2nc(-c3ccccc3)cn12)N1CC[C@@H](C2CCCCC2)C1. The third-order valence-corrected chi connectivity index (χ3v) is 7.17. The number of benzene rings is 1. The molecule has 1 atom stereocenters. The second kappa shape index (κ2) is 7.12. The number of thiazole rings is 1. The third-order valence-electron chi connectivity index (χ3n) is 6.33. The van der Waals surface area contributed by atoms with Gasteiger partial charge in [0, 0.05) is 30.2 Å². The zero-order chi connectivity index (χ0) is 18.2. The van der Waals surface area contributed by atoms with Crippen molar-refractivity contribution in [2.45, 2.75) is 38.5 Å². The maximum Gasteiger partial charge on any atom is 0.271 e. The highest BCUT2D eigenvalue weighted by atomic mass is 32.1. The summed E-state index contributed by atoms with van der Waals surface area (Å²) in [5, 5.41) is 1.97. The van der Waals surface area contributed by atoms with Gasteiger partial charge in [-0.05, 0) is 18.3 Å². The highest BCUT2D eigenvalue weighted by Crippen LogP contribution is 2.35. The highest BCUT2D eigenvalue weighted by molar-refractivity contribution is 7.15. The lowest BCUT2D eigenvalue weighted by molar-refractivity contribution is 0.0773. The summed E-state index contributed by atoms with van der Waals surface area (Å²) in [4.78, 5) is 20.9. The van der Waals surface area contributed by atoms with E-state index in [-0.39, 0.29) is 5.91 Å². The van der Waals surface area contributed by atoms with E-state index in [1.807, 2.05) is 34.2 Å². The molecule has 1 saturated heterocycles. The molecule has 1 saturated carbocycles. The second-order valence-electron chi connectivity index (χ2n) is 7.96. The fourth-order valence-electron chi connectivity index (χ4n) is 4.81. The van der Waals surface area contributed by atoms with Crippen LogP contribution in [-0.2, 0) is 0 Å². The highest BCUT2D eigenvalue weighted by Gasteiger charge is 2.33. The number of likely N-dealkylation sites (tertiary alicyclic amines) is 1. The molecule has 0 spiro atoms. The van der Waals surface area contributed by atoms with Gasteiger partial charge in [0.1, 0.15) is 5.69 Å². The number of nitrogens with zero attached hydrogens (tertiary/aromatic N) is 3. The fraction of sp³-hybridized carbons (Fsp3) is 0.455. The number of aromatic nitrogens is 2. The van der Waals surface area contributed by atoms with Gasteiger partial charge in [-0.2, -0.15) is 0 Å². The van der Waals surface area contributed by atoms with Gasteiger partial charge < -0.3 is 4.90 Å². The zero-order valence-corrected chi connectivity index (χ0v) is 16.3. The van der Waals surface area contributed by atoms with Crippen LogP contribution in [0.1, 0.15) is 49.0 Å². The lowest BCUT2D eigenvalue weighted by atomic mass is 9.80. The van der Waals surface area contributed by atoms with Crippen molar-refractivity contribution in [3.05, 3.63) is 47.6 Å². The lowest BCUT2D eigenvalue weighted by Crippen LogP contribution is -2.31. The molecule has 0 radical (unpaired) electrons. The maximum absolute atomic E-state index is 13.2. The number of imidazole rings is 1. The molecule has 5 rings (SSSR count). The molecular formula is C22H25N3OS. The Bertz CT molecular complexity index is 939. The minimum Gasteiger partial charge on any atom is -0.337 e. The average Bonchev–Trinajstić information content (AvgIpc) is 3.44. The van der Waals surface area contributed by atoms with Gasteiger partial charge in [0.25, 0.3) is 5.91 Å². The van der Waals surface area contributed by atoms with Crippen molar-refractivity contribution in [2.24, 2.45) is 11.8 Å². The van der Waals surface area contributed by atoms with Crippen LogP contribution in [0.5, 0.6) is 0 Å². The quantitative estimate of drug-likeness (QED) is 0.634. The van der Waals surface area contributed by atoms with Crippen molar-refractivity contribution in [1.29, 1.82) is 0 Å². The standard InChI is InChI=1S/C22H25N3OS/c26-21(24-12-11-18(13-24)16-7-3-1-4-8-16)20-15-27-22-23-19(14-25(20)22)17-9-5-2-6-10-17/h2,5-6,9-10,14-16,18H,1,3-4,7-8,11-13H2/t18-/m1/s1. The van der Waals surface area contributed by atoms with E-state index in [2.05, 4.69) is 17.0 Å². The van der Waals surface area contributed by atoms with Gasteiger partial charge in [-0.25, -0.2) is 4.98 Å². The first kappa shape index (κ1) is 17.0. The van der Waals surface area contributed by atoms with Crippen LogP contribution in [0.3, 0.4) is 0 Å². The van der Waals surface area contributed by atoms with Gasteiger partial charge in [0.05, 0.1) is 5.69 Å². The Morgan fingerprint density at radius 3 is 2.67 bits per heavy atom. The summed E-state index contributed by atoms with van der Waals surface area (Å²) in [5.41, 5.74) is 2.78. The van der Waals surface area contributed by atoms with Crippen LogP contribution >= 0.6 is 11.3 Å². The number of carbonyl (C=O) groups is 1. The van der Waals surface area contributed by atoms with Crippen LogP contribution < -0.4 is 0 Å². The molecule has 5 heteroatoms. The number of hydrogen-bond acceptors (Lipinski definition) is 3. The van der Waals surface area contributed by atoms with E-state index < -0.39 is 0 Å². The average molecular weight is 380 g/mol. The smallest absolute Gasteiger partial charge is 0.271 e. The van der Waals surface area contributed by atoms with Crippen molar-refractivity contribution in [2.75, 3.05) is 13.1 Å². The van der Waals surface area contributed by atoms with Crippen LogP contribution in [0.25, 0.3) is 16.2 Å². The number of hydrogen-bond donors (Lipinski definition) is 0. The molecule has 0 unspecified atom stereocenters. The monoisotopic (exact) mass is 379 g/mol. The molecular weight excluding hydrogens is 354 g/mol. The van der Waals surface area contributed by atoms with Crippen molar-refractivity contribution in [3.63, 3.8) is 0 Å². The fourth-order valence-corrected chi connectivity index (χ4v) is 5.66. The molecule has 3 heterocycles. The van der Waals surface area contributed by atoms with Gasteiger partial charge >= 0.3 is 0 Å². The minimum absolute atomic E-state index is 0.163. The first-order chi connectivity index (χ1) is 13.3. The van der Waals surface area contributed by atoms with Gasteiger partial charge in [0.2, 0.25) is 0 Å². The van der Waals surface area contributed by atoms with Gasteiger partial charge in [-0.3, -0.25) is 9.20 Å². The van der Waals surface area contributed by atoms with E-state index >= 15 is 0 Å². The summed E-state index contributed by atoms with van der Waals surface area (Å²) >= 11 is 1.55. The summed E-state index contributed by atoms with van der Waals surface area (Å²) in [6, 6.07) is 10.2. The van der Waals surface area contributed by atoms with Crippen molar-refractivity contribution in [1.82, 2.24) is 14.3 Å². The Balaban J connectivity index is 1.36. The predicted molar refractivity (Wildman–Crippen MR) is 109 cm³/mol. The van der Waals surface area contributed by atoms with Crippen LogP contribution in [0.4, 0.5) is 0 Å². The van der Waals surface area contributed by atoms with E-state index in [0.717, 1.165) is 40.9 Å². The Kier molecular flexibility index (Phi) is 4.48. The van der Waals surface area contributed by atoms with Crippen molar-refractivity contribution >= 4 is 22.2 Å². The molecule has 0 N–H and O–H groups in total. The molecule has 4 nitrogen and oxygen atoms in total. The molecule has 27 heavy (non-hydrogen) atoms. The minimum atomic E-state index is 0.163. The lowest BCUT2D eigenvalue weighted by Gasteiger charge is -2.27. The molecule has 1 aromatic carbocycles. The third kappa shape index (κ3) is 3.18. The van der Waals surface area contributed by atoms with E-state index in [9.17, 15) is 4.79 Å². The Labute approximate surface area is 163 Å². The molecule has 2 fully saturated rings. The number of rotatable bonds is 3. The molecule has 2 aromatic heterocycles. The van der Waals surface area contributed by atoms with Gasteiger partial charge in [-0.1, -0.05) is 62.4 Å². The summed E-state index contributed by atoms with van der Waals surface area (Å²) in [7, 11) is 0. The second-order valence-corrected chi connectivity index (χ2v) is 8.80. The molecule has 1 aliphatic carbocycles. The maximum atomic E-state index is 13.2. The van der Waals surface area contributed by atoms with Crippen LogP contribution in [0.2, 0.25) is 0 Å². The first-order valence-electron chi connectivity index (χ1n) is 10.1. The predicted octanol–water partition coefficient (Wildman–Crippen LogP) is 5.11. The normalized spacial score (nSPS) is 21.2. The van der Waals surface area contributed by atoms with Crippen LogP contribution in [0.15, 0.2) is 41.9 Å². The van der Waals surface area contributed by atoms with Crippen LogP contribution in [-0.4, -0.2) is 33.3 Å². The van der Waals surface area contributed by atoms with E-state index in [1.54, 1.807) is 11.3 Å². The molecule has 1 aliphatic heterocycles. The Morgan fingerprint density at radius 1 is 1.04 bits per heavy atom. The van der Waals surface area contributed by atoms with Crippen LogP contribution in [0, 0.1) is 11.8 Å². The Hall–Kier alpha value is -2.14. The number of carbonyl (C=O) groups excluding carboxylic acids is 1. The molecule has 140 valence electrons. The van der Waals surface area contributed by atoms with Gasteiger partial charge in [0.15, 0.2) is 4.96 Å². The van der Waals surface area contributed by atoms with E-state index in [4.69, 9.17) is 4.98 Å². The molecule has 2 aliphatic rings. The molecule has 0 bridgehead atoms.